The molecule has 1 amide bonds. The lowest BCUT2D eigenvalue weighted by Crippen LogP contribution is -2.65. The fourth-order valence-electron chi connectivity index (χ4n) is 3.07. The summed E-state index contributed by atoms with van der Waals surface area (Å²) in [6.07, 6.45) is 4.91. The van der Waals surface area contributed by atoms with Crippen LogP contribution >= 0.6 is 12.4 Å². The SMILES string of the molecule is COC1CC(NC(=O)C2(N)CCCC2)C1(C)C.Cl. The summed E-state index contributed by atoms with van der Waals surface area (Å²) < 4.78 is 5.38. The highest BCUT2D eigenvalue weighted by molar-refractivity contribution is 5.86. The van der Waals surface area contributed by atoms with Crippen LogP contribution in [0.4, 0.5) is 0 Å². The van der Waals surface area contributed by atoms with Gasteiger partial charge in [-0.2, -0.15) is 0 Å². The molecule has 0 heterocycles. The van der Waals surface area contributed by atoms with E-state index in [1.54, 1.807) is 7.11 Å². The molecule has 2 rings (SSSR count). The Bertz CT molecular complexity index is 314. The Balaban J connectivity index is 0.00000162. The van der Waals surface area contributed by atoms with Gasteiger partial charge in [0, 0.05) is 18.6 Å². The van der Waals surface area contributed by atoms with Crippen molar-refractivity contribution in [3.05, 3.63) is 0 Å². The van der Waals surface area contributed by atoms with Crippen molar-refractivity contribution >= 4 is 18.3 Å². The maximum absolute atomic E-state index is 12.2. The normalized spacial score (nSPS) is 32.2. The third-order valence-corrected chi connectivity index (χ3v) is 4.72. The third-order valence-electron chi connectivity index (χ3n) is 4.72. The van der Waals surface area contributed by atoms with Crippen LogP contribution in [-0.2, 0) is 9.53 Å². The summed E-state index contributed by atoms with van der Waals surface area (Å²) in [7, 11) is 1.73. The minimum atomic E-state index is -0.617. The molecule has 0 aromatic rings. The van der Waals surface area contributed by atoms with E-state index in [0.29, 0.717) is 0 Å². The van der Waals surface area contributed by atoms with Crippen molar-refractivity contribution < 1.29 is 9.53 Å². The summed E-state index contributed by atoms with van der Waals surface area (Å²) >= 11 is 0. The lowest BCUT2D eigenvalue weighted by molar-refractivity contribution is -0.137. The Morgan fingerprint density at radius 2 is 1.89 bits per heavy atom. The second-order valence-corrected chi connectivity index (χ2v) is 6.17. The molecule has 2 atom stereocenters. The van der Waals surface area contributed by atoms with Crippen LogP contribution in [0.2, 0.25) is 0 Å². The quantitative estimate of drug-likeness (QED) is 0.823. The Morgan fingerprint density at radius 3 is 2.33 bits per heavy atom. The van der Waals surface area contributed by atoms with E-state index in [1.807, 2.05) is 0 Å². The summed E-state index contributed by atoms with van der Waals surface area (Å²) in [6, 6.07) is 0.195. The first-order valence-electron chi connectivity index (χ1n) is 6.53. The van der Waals surface area contributed by atoms with Crippen molar-refractivity contribution in [1.29, 1.82) is 0 Å². The zero-order valence-electron chi connectivity index (χ0n) is 11.5. The topological polar surface area (TPSA) is 64.3 Å². The summed E-state index contributed by atoms with van der Waals surface area (Å²) in [5.41, 5.74) is 5.54. The minimum absolute atomic E-state index is 0. The average Bonchev–Trinajstić information content (AvgIpc) is 2.71. The average molecular weight is 277 g/mol. The van der Waals surface area contributed by atoms with Gasteiger partial charge in [0.2, 0.25) is 5.91 Å². The number of carbonyl (C=O) groups excluding carboxylic acids is 1. The fraction of sp³-hybridized carbons (Fsp3) is 0.923. The lowest BCUT2D eigenvalue weighted by Gasteiger charge is -2.51. The number of methoxy groups -OCH3 is 1. The van der Waals surface area contributed by atoms with Crippen LogP contribution in [0.1, 0.15) is 46.0 Å². The Kier molecular flexibility index (Phi) is 4.68. The molecule has 0 spiro atoms. The largest absolute Gasteiger partial charge is 0.381 e. The van der Waals surface area contributed by atoms with Gasteiger partial charge in [-0.05, 0) is 19.3 Å². The van der Waals surface area contributed by atoms with Crippen LogP contribution in [-0.4, -0.2) is 30.7 Å². The molecule has 2 fully saturated rings. The van der Waals surface area contributed by atoms with E-state index in [0.717, 1.165) is 32.1 Å². The summed E-state index contributed by atoms with van der Waals surface area (Å²) in [5, 5.41) is 3.11. The van der Waals surface area contributed by atoms with E-state index in [1.165, 1.54) is 0 Å². The predicted octanol–water partition coefficient (Wildman–Crippen LogP) is 1.61. The molecule has 3 N–H and O–H groups in total. The van der Waals surface area contributed by atoms with Crippen LogP contribution in [0, 0.1) is 5.41 Å². The number of rotatable bonds is 3. The van der Waals surface area contributed by atoms with Gasteiger partial charge in [0.25, 0.3) is 0 Å². The molecular weight excluding hydrogens is 252 g/mol. The molecule has 0 aromatic heterocycles. The molecule has 106 valence electrons. The molecule has 2 unspecified atom stereocenters. The number of carbonyl (C=O) groups is 1. The molecule has 0 radical (unpaired) electrons. The minimum Gasteiger partial charge on any atom is -0.381 e. The number of halogens is 1. The van der Waals surface area contributed by atoms with Gasteiger partial charge in [-0.25, -0.2) is 0 Å². The molecular formula is C13H25ClN2O2. The first-order valence-corrected chi connectivity index (χ1v) is 6.53. The molecule has 0 bridgehead atoms. The third kappa shape index (κ3) is 2.51. The molecule has 0 aromatic carbocycles. The zero-order chi connectivity index (χ0) is 12.7. The predicted molar refractivity (Wildman–Crippen MR) is 73.8 cm³/mol. The molecule has 0 aliphatic heterocycles. The van der Waals surface area contributed by atoms with E-state index in [9.17, 15) is 4.79 Å². The van der Waals surface area contributed by atoms with Gasteiger partial charge in [0.05, 0.1) is 11.6 Å². The molecule has 2 aliphatic rings. The van der Waals surface area contributed by atoms with E-state index < -0.39 is 5.54 Å². The summed E-state index contributed by atoms with van der Waals surface area (Å²) in [6.45, 7) is 4.26. The van der Waals surface area contributed by atoms with Crippen molar-refractivity contribution in [2.24, 2.45) is 11.1 Å². The fourth-order valence-corrected chi connectivity index (χ4v) is 3.07. The lowest BCUT2D eigenvalue weighted by atomic mass is 9.64. The van der Waals surface area contributed by atoms with Gasteiger partial charge in [-0.1, -0.05) is 26.7 Å². The second-order valence-electron chi connectivity index (χ2n) is 6.17. The molecule has 5 heteroatoms. The number of hydrogen-bond donors (Lipinski definition) is 2. The summed E-state index contributed by atoms with van der Waals surface area (Å²) in [5.74, 6) is 0.0302. The molecule has 2 aliphatic carbocycles. The standard InChI is InChI=1S/C13H24N2O2.ClH/c1-12(2)9(8-10(12)17-3)15-11(16)13(14)6-4-5-7-13;/h9-10H,4-8,14H2,1-3H3,(H,15,16);1H. The first-order chi connectivity index (χ1) is 7.90. The number of hydrogen-bond acceptors (Lipinski definition) is 3. The van der Waals surface area contributed by atoms with Gasteiger partial charge >= 0.3 is 0 Å². The van der Waals surface area contributed by atoms with Crippen molar-refractivity contribution in [2.45, 2.75) is 63.6 Å². The van der Waals surface area contributed by atoms with Crippen molar-refractivity contribution in [1.82, 2.24) is 5.32 Å². The Labute approximate surface area is 115 Å². The molecule has 18 heavy (non-hydrogen) atoms. The van der Waals surface area contributed by atoms with Crippen LogP contribution in [0.3, 0.4) is 0 Å². The zero-order valence-corrected chi connectivity index (χ0v) is 12.3. The van der Waals surface area contributed by atoms with E-state index in [2.05, 4.69) is 19.2 Å². The van der Waals surface area contributed by atoms with Gasteiger partial charge in [-0.15, -0.1) is 12.4 Å². The highest BCUT2D eigenvalue weighted by Crippen LogP contribution is 2.42. The molecule has 2 saturated carbocycles. The maximum atomic E-state index is 12.2. The van der Waals surface area contributed by atoms with Crippen LogP contribution < -0.4 is 11.1 Å². The second kappa shape index (κ2) is 5.35. The summed E-state index contributed by atoms with van der Waals surface area (Å²) in [4.78, 5) is 12.2. The van der Waals surface area contributed by atoms with Gasteiger partial charge in [-0.3, -0.25) is 4.79 Å². The Morgan fingerprint density at radius 1 is 1.33 bits per heavy atom. The molecule has 0 saturated heterocycles. The Hall–Kier alpha value is -0.320. The van der Waals surface area contributed by atoms with E-state index >= 15 is 0 Å². The molecule has 4 nitrogen and oxygen atoms in total. The van der Waals surface area contributed by atoms with Crippen molar-refractivity contribution in [3.63, 3.8) is 0 Å². The van der Waals surface area contributed by atoms with Gasteiger partial charge < -0.3 is 15.8 Å². The first kappa shape index (κ1) is 15.7. The van der Waals surface area contributed by atoms with Crippen molar-refractivity contribution in [3.8, 4) is 0 Å². The van der Waals surface area contributed by atoms with Crippen LogP contribution in [0.5, 0.6) is 0 Å². The highest BCUT2D eigenvalue weighted by atomic mass is 35.5. The smallest absolute Gasteiger partial charge is 0.240 e. The van der Waals surface area contributed by atoms with Crippen LogP contribution in [0.25, 0.3) is 0 Å². The monoisotopic (exact) mass is 276 g/mol. The van der Waals surface area contributed by atoms with Gasteiger partial charge in [0.1, 0.15) is 0 Å². The number of amides is 1. The highest BCUT2D eigenvalue weighted by Gasteiger charge is 2.50. The number of nitrogens with one attached hydrogen (secondary N) is 1. The number of ether oxygens (including phenoxy) is 1. The van der Waals surface area contributed by atoms with Crippen LogP contribution in [0.15, 0.2) is 0 Å². The maximum Gasteiger partial charge on any atom is 0.240 e. The van der Waals surface area contributed by atoms with E-state index in [-0.39, 0.29) is 35.9 Å². The van der Waals surface area contributed by atoms with E-state index in [4.69, 9.17) is 10.5 Å². The number of nitrogens with two attached hydrogens (primary N) is 1. The van der Waals surface area contributed by atoms with Gasteiger partial charge in [0.15, 0.2) is 0 Å². The van der Waals surface area contributed by atoms with Crippen molar-refractivity contribution in [2.75, 3.05) is 7.11 Å².